The Balaban J connectivity index is 1.57. The molecule has 1 saturated carbocycles. The van der Waals surface area contributed by atoms with Gasteiger partial charge in [0, 0.05) is 42.4 Å². The fraction of sp³-hybridized carbons (Fsp3) is 0.429. The van der Waals surface area contributed by atoms with Gasteiger partial charge in [0.2, 0.25) is 0 Å². The number of hydrogen-bond acceptors (Lipinski definition) is 5. The van der Waals surface area contributed by atoms with Gasteiger partial charge in [0.05, 0.1) is 5.69 Å². The minimum absolute atomic E-state index is 0.161. The van der Waals surface area contributed by atoms with Gasteiger partial charge in [-0.15, -0.1) is 11.3 Å². The summed E-state index contributed by atoms with van der Waals surface area (Å²) in [6.07, 6.45) is 5.96. The van der Waals surface area contributed by atoms with Crippen molar-refractivity contribution in [3.8, 4) is 10.7 Å². The lowest BCUT2D eigenvalue weighted by Gasteiger charge is -2.11. The van der Waals surface area contributed by atoms with E-state index >= 15 is 0 Å². The van der Waals surface area contributed by atoms with Crippen molar-refractivity contribution in [3.63, 3.8) is 0 Å². The third kappa shape index (κ3) is 3.00. The van der Waals surface area contributed by atoms with E-state index in [2.05, 4.69) is 15.3 Å². The Bertz CT molecular complexity index is 537. The van der Waals surface area contributed by atoms with Gasteiger partial charge >= 0.3 is 0 Å². The SMILES string of the molecule is OCC1(CNCc2cnc(-c3ccccn3)s2)CC1. The van der Waals surface area contributed by atoms with Gasteiger partial charge in [-0.25, -0.2) is 4.98 Å². The molecule has 0 atom stereocenters. The Morgan fingerprint density at radius 3 is 2.89 bits per heavy atom. The van der Waals surface area contributed by atoms with E-state index < -0.39 is 0 Å². The van der Waals surface area contributed by atoms with E-state index in [0.717, 1.165) is 36.6 Å². The third-order valence-corrected chi connectivity index (χ3v) is 4.55. The molecule has 0 spiro atoms. The van der Waals surface area contributed by atoms with Crippen LogP contribution in [0.4, 0.5) is 0 Å². The van der Waals surface area contributed by atoms with Crippen LogP contribution >= 0.6 is 11.3 Å². The van der Waals surface area contributed by atoms with E-state index in [1.807, 2.05) is 24.4 Å². The van der Waals surface area contributed by atoms with Crippen molar-refractivity contribution < 1.29 is 5.11 Å². The van der Waals surface area contributed by atoms with Crippen molar-refractivity contribution in [2.75, 3.05) is 13.2 Å². The standard InChI is InChI=1S/C14H17N3OS/c18-10-14(4-5-14)9-15-7-11-8-17-13(19-11)12-3-1-2-6-16-12/h1-3,6,8,15,18H,4-5,7,9-10H2. The van der Waals surface area contributed by atoms with Crippen LogP contribution in [0.2, 0.25) is 0 Å². The van der Waals surface area contributed by atoms with Crippen molar-refractivity contribution in [1.29, 1.82) is 0 Å². The summed E-state index contributed by atoms with van der Waals surface area (Å²) in [6, 6.07) is 5.85. The Morgan fingerprint density at radius 1 is 1.32 bits per heavy atom. The molecule has 2 N–H and O–H groups in total. The van der Waals surface area contributed by atoms with Crippen LogP contribution in [-0.4, -0.2) is 28.2 Å². The maximum Gasteiger partial charge on any atom is 0.142 e. The van der Waals surface area contributed by atoms with Crippen LogP contribution in [0.15, 0.2) is 30.6 Å². The lowest BCUT2D eigenvalue weighted by atomic mass is 10.1. The average molecular weight is 275 g/mol. The first-order valence-corrected chi connectivity index (χ1v) is 7.31. The van der Waals surface area contributed by atoms with Crippen molar-refractivity contribution in [2.24, 2.45) is 5.41 Å². The maximum atomic E-state index is 9.25. The van der Waals surface area contributed by atoms with Crippen LogP contribution in [0.1, 0.15) is 17.7 Å². The number of aliphatic hydroxyl groups excluding tert-OH is 1. The normalized spacial score (nSPS) is 16.5. The Hall–Kier alpha value is -1.30. The lowest BCUT2D eigenvalue weighted by Crippen LogP contribution is -2.25. The monoisotopic (exact) mass is 275 g/mol. The van der Waals surface area contributed by atoms with Gasteiger partial charge in [0.25, 0.3) is 0 Å². The number of rotatable bonds is 6. The summed E-state index contributed by atoms with van der Waals surface area (Å²) in [5.41, 5.74) is 1.09. The molecule has 1 aliphatic carbocycles. The predicted molar refractivity (Wildman–Crippen MR) is 75.8 cm³/mol. The highest BCUT2D eigenvalue weighted by molar-refractivity contribution is 7.14. The second kappa shape index (κ2) is 5.36. The fourth-order valence-corrected chi connectivity index (χ4v) is 2.87. The highest BCUT2D eigenvalue weighted by atomic mass is 32.1. The van der Waals surface area contributed by atoms with Crippen LogP contribution in [-0.2, 0) is 6.54 Å². The molecule has 0 bridgehead atoms. The van der Waals surface area contributed by atoms with Crippen LogP contribution in [0.25, 0.3) is 10.7 Å². The van der Waals surface area contributed by atoms with Gasteiger partial charge in [0.1, 0.15) is 5.01 Å². The van der Waals surface area contributed by atoms with Gasteiger partial charge in [-0.2, -0.15) is 0 Å². The van der Waals surface area contributed by atoms with Gasteiger partial charge in [-0.05, 0) is 25.0 Å². The van der Waals surface area contributed by atoms with E-state index in [4.69, 9.17) is 0 Å². The molecular formula is C14H17N3OS. The fourth-order valence-electron chi connectivity index (χ4n) is 2.02. The first kappa shape index (κ1) is 12.7. The number of thiazole rings is 1. The molecule has 100 valence electrons. The molecule has 1 fully saturated rings. The molecule has 2 aromatic rings. The highest BCUT2D eigenvalue weighted by Gasteiger charge is 2.41. The number of hydrogen-bond donors (Lipinski definition) is 2. The summed E-state index contributed by atoms with van der Waals surface area (Å²) in [4.78, 5) is 9.91. The molecular weight excluding hydrogens is 258 g/mol. The minimum atomic E-state index is 0.161. The van der Waals surface area contributed by atoms with Crippen LogP contribution in [0.3, 0.4) is 0 Å². The predicted octanol–water partition coefficient (Wildman–Crippen LogP) is 2.07. The molecule has 3 rings (SSSR count). The molecule has 0 saturated heterocycles. The summed E-state index contributed by atoms with van der Waals surface area (Å²) in [7, 11) is 0. The summed E-state index contributed by atoms with van der Waals surface area (Å²) >= 11 is 1.67. The number of aromatic nitrogens is 2. The molecule has 0 amide bonds. The van der Waals surface area contributed by atoms with E-state index in [-0.39, 0.29) is 5.41 Å². The molecule has 2 aromatic heterocycles. The van der Waals surface area contributed by atoms with E-state index in [0.29, 0.717) is 6.61 Å². The summed E-state index contributed by atoms with van der Waals surface area (Å²) in [5.74, 6) is 0. The van der Waals surface area contributed by atoms with Gasteiger partial charge in [0.15, 0.2) is 0 Å². The third-order valence-electron chi connectivity index (χ3n) is 3.53. The summed E-state index contributed by atoms with van der Waals surface area (Å²) < 4.78 is 0. The second-order valence-corrected chi connectivity index (χ2v) is 6.22. The van der Waals surface area contributed by atoms with Crippen molar-refractivity contribution in [1.82, 2.24) is 15.3 Å². The zero-order valence-electron chi connectivity index (χ0n) is 10.7. The maximum absolute atomic E-state index is 9.25. The quantitative estimate of drug-likeness (QED) is 0.847. The van der Waals surface area contributed by atoms with Gasteiger partial charge in [-0.3, -0.25) is 4.98 Å². The van der Waals surface area contributed by atoms with Crippen LogP contribution in [0.5, 0.6) is 0 Å². The first-order valence-electron chi connectivity index (χ1n) is 6.49. The van der Waals surface area contributed by atoms with E-state index in [1.165, 1.54) is 4.88 Å². The van der Waals surface area contributed by atoms with E-state index in [9.17, 15) is 5.11 Å². The molecule has 4 nitrogen and oxygen atoms in total. The number of aliphatic hydroxyl groups is 1. The van der Waals surface area contributed by atoms with E-state index in [1.54, 1.807) is 17.5 Å². The molecule has 0 radical (unpaired) electrons. The molecule has 5 heteroatoms. The van der Waals surface area contributed by atoms with Crippen molar-refractivity contribution in [3.05, 3.63) is 35.5 Å². The number of nitrogens with one attached hydrogen (secondary N) is 1. The smallest absolute Gasteiger partial charge is 0.142 e. The Kier molecular flexibility index (Phi) is 3.59. The zero-order valence-corrected chi connectivity index (χ0v) is 11.5. The van der Waals surface area contributed by atoms with Gasteiger partial charge < -0.3 is 10.4 Å². The number of nitrogens with zero attached hydrogens (tertiary/aromatic N) is 2. The topological polar surface area (TPSA) is 58.0 Å². The van der Waals surface area contributed by atoms with Crippen LogP contribution in [0, 0.1) is 5.41 Å². The summed E-state index contributed by atoms with van der Waals surface area (Å²) in [5, 5.41) is 13.6. The van der Waals surface area contributed by atoms with Gasteiger partial charge in [-0.1, -0.05) is 6.07 Å². The molecule has 0 aromatic carbocycles. The molecule has 1 aliphatic rings. The molecule has 0 unspecified atom stereocenters. The largest absolute Gasteiger partial charge is 0.396 e. The molecule has 0 aliphatic heterocycles. The molecule has 2 heterocycles. The minimum Gasteiger partial charge on any atom is -0.396 e. The highest BCUT2D eigenvalue weighted by Crippen LogP contribution is 2.44. The Morgan fingerprint density at radius 2 is 2.21 bits per heavy atom. The summed E-state index contributed by atoms with van der Waals surface area (Å²) in [6.45, 7) is 1.99. The number of pyridine rings is 1. The second-order valence-electron chi connectivity index (χ2n) is 5.11. The molecule has 19 heavy (non-hydrogen) atoms. The van der Waals surface area contributed by atoms with Crippen molar-refractivity contribution >= 4 is 11.3 Å². The van der Waals surface area contributed by atoms with Crippen molar-refractivity contribution in [2.45, 2.75) is 19.4 Å². The average Bonchev–Trinajstić information content (AvgIpc) is 3.09. The lowest BCUT2D eigenvalue weighted by molar-refractivity contribution is 0.207. The Labute approximate surface area is 116 Å². The zero-order chi connectivity index (χ0) is 13.1. The first-order chi connectivity index (χ1) is 9.31. The van der Waals surface area contributed by atoms with Crippen LogP contribution < -0.4 is 5.32 Å².